The average molecular weight is 237 g/mol. The van der Waals surface area contributed by atoms with Crippen molar-refractivity contribution in [2.75, 3.05) is 0 Å². The van der Waals surface area contributed by atoms with Gasteiger partial charge in [0, 0.05) is 11.7 Å². The lowest BCUT2D eigenvalue weighted by Gasteiger charge is -2.32. The van der Waals surface area contributed by atoms with E-state index >= 15 is 0 Å². The molecule has 0 aromatic carbocycles. The van der Waals surface area contributed by atoms with E-state index in [9.17, 15) is 9.90 Å². The molecule has 1 aromatic heterocycles. The summed E-state index contributed by atoms with van der Waals surface area (Å²) in [4.78, 5) is 13.5. The Labute approximate surface area is 99.9 Å². The van der Waals surface area contributed by atoms with Crippen LogP contribution >= 0.6 is 0 Å². The fourth-order valence-electron chi connectivity index (χ4n) is 1.60. The van der Waals surface area contributed by atoms with Crippen LogP contribution in [0.1, 0.15) is 27.7 Å². The van der Waals surface area contributed by atoms with Crippen LogP contribution in [0.2, 0.25) is 0 Å². The van der Waals surface area contributed by atoms with Crippen molar-refractivity contribution in [1.82, 2.24) is 4.98 Å². The number of aromatic nitrogens is 1. The number of pyridine rings is 1. The van der Waals surface area contributed by atoms with Gasteiger partial charge in [0.15, 0.2) is 5.75 Å². The molecule has 1 aliphatic heterocycles. The zero-order valence-corrected chi connectivity index (χ0v) is 10.4. The summed E-state index contributed by atoms with van der Waals surface area (Å²) < 4.78 is 11.6. The fraction of sp³-hybridized carbons (Fsp3) is 0.545. The summed E-state index contributed by atoms with van der Waals surface area (Å²) in [5.41, 5.74) is -0.807. The van der Waals surface area contributed by atoms with Gasteiger partial charge in [-0.15, -0.1) is 0 Å². The maximum Gasteiger partial charge on any atom is 0.496 e. The molecule has 0 spiro atoms. The van der Waals surface area contributed by atoms with Crippen molar-refractivity contribution < 1.29 is 14.4 Å². The van der Waals surface area contributed by atoms with Crippen molar-refractivity contribution in [3.63, 3.8) is 0 Å². The Balaban J connectivity index is 2.32. The Kier molecular flexibility index (Phi) is 2.59. The summed E-state index contributed by atoms with van der Waals surface area (Å²) in [5, 5.41) is 9.37. The monoisotopic (exact) mass is 237 g/mol. The van der Waals surface area contributed by atoms with Crippen molar-refractivity contribution in [2.45, 2.75) is 38.9 Å². The van der Waals surface area contributed by atoms with Crippen molar-refractivity contribution in [1.29, 1.82) is 0 Å². The van der Waals surface area contributed by atoms with Crippen LogP contribution in [0, 0.1) is 0 Å². The molecule has 6 heteroatoms. The SMILES string of the molecule is CC1(C)OB(c2c[nH]c(=O)c(O)c2)OC1(C)C. The highest BCUT2D eigenvalue weighted by atomic mass is 16.7. The van der Waals surface area contributed by atoms with Gasteiger partial charge in [0.1, 0.15) is 0 Å². The predicted molar refractivity (Wildman–Crippen MR) is 64.4 cm³/mol. The van der Waals surface area contributed by atoms with Gasteiger partial charge < -0.3 is 19.4 Å². The molecule has 1 aliphatic rings. The first kappa shape index (κ1) is 12.2. The second-order valence-corrected chi connectivity index (χ2v) is 5.24. The lowest BCUT2D eigenvalue weighted by atomic mass is 9.80. The van der Waals surface area contributed by atoms with Gasteiger partial charge in [-0.1, -0.05) is 0 Å². The highest BCUT2D eigenvalue weighted by molar-refractivity contribution is 6.62. The zero-order chi connectivity index (χ0) is 12.8. The normalized spacial score (nSPS) is 21.8. The second kappa shape index (κ2) is 3.61. The quantitative estimate of drug-likeness (QED) is 0.692. The van der Waals surface area contributed by atoms with Crippen LogP contribution in [0.15, 0.2) is 17.1 Å². The van der Waals surface area contributed by atoms with E-state index in [-0.39, 0.29) is 5.75 Å². The topological polar surface area (TPSA) is 71.6 Å². The van der Waals surface area contributed by atoms with Crippen LogP contribution in [-0.2, 0) is 9.31 Å². The summed E-state index contributed by atoms with van der Waals surface area (Å²) in [5.74, 6) is -0.336. The van der Waals surface area contributed by atoms with Gasteiger partial charge in [-0.05, 0) is 33.8 Å². The molecule has 0 aliphatic carbocycles. The second-order valence-electron chi connectivity index (χ2n) is 5.24. The number of H-pyrrole nitrogens is 1. The third-order valence-corrected chi connectivity index (χ3v) is 3.43. The lowest BCUT2D eigenvalue weighted by Crippen LogP contribution is -2.41. The van der Waals surface area contributed by atoms with Crippen LogP contribution in [0.4, 0.5) is 0 Å². The third-order valence-electron chi connectivity index (χ3n) is 3.43. The van der Waals surface area contributed by atoms with E-state index < -0.39 is 23.9 Å². The number of rotatable bonds is 1. The molecule has 0 unspecified atom stereocenters. The molecular weight excluding hydrogens is 221 g/mol. The van der Waals surface area contributed by atoms with Crippen molar-refractivity contribution in [3.05, 3.63) is 22.6 Å². The molecule has 0 radical (unpaired) electrons. The largest absolute Gasteiger partial charge is 0.503 e. The van der Waals surface area contributed by atoms with Crippen LogP contribution in [0.3, 0.4) is 0 Å². The van der Waals surface area contributed by atoms with E-state index in [2.05, 4.69) is 4.98 Å². The van der Waals surface area contributed by atoms with Gasteiger partial charge in [0.05, 0.1) is 11.2 Å². The van der Waals surface area contributed by atoms with Crippen LogP contribution < -0.4 is 11.0 Å². The van der Waals surface area contributed by atoms with E-state index in [1.54, 1.807) is 0 Å². The number of aromatic amines is 1. The molecule has 0 saturated carbocycles. The Morgan fingerprint density at radius 2 is 1.76 bits per heavy atom. The lowest BCUT2D eigenvalue weighted by molar-refractivity contribution is 0.00578. The first-order valence-electron chi connectivity index (χ1n) is 5.50. The molecule has 5 nitrogen and oxygen atoms in total. The Morgan fingerprint density at radius 1 is 1.24 bits per heavy atom. The van der Waals surface area contributed by atoms with Crippen LogP contribution in [0.25, 0.3) is 0 Å². The van der Waals surface area contributed by atoms with Gasteiger partial charge in [-0.25, -0.2) is 0 Å². The van der Waals surface area contributed by atoms with Crippen molar-refractivity contribution >= 4 is 12.6 Å². The Bertz CT molecular complexity index is 478. The standard InChI is InChI=1S/C11H16BNO4/c1-10(2)11(3,4)17-12(16-10)7-5-8(14)9(15)13-6-7/h5-6,14H,1-4H3,(H,13,15). The minimum atomic E-state index is -0.581. The maximum atomic E-state index is 11.1. The third kappa shape index (κ3) is 1.98. The van der Waals surface area contributed by atoms with E-state index in [1.807, 2.05) is 27.7 Å². The fourth-order valence-corrected chi connectivity index (χ4v) is 1.60. The molecular formula is C11H16BNO4. The highest BCUT2D eigenvalue weighted by Gasteiger charge is 2.51. The number of hydrogen-bond donors (Lipinski definition) is 2. The van der Waals surface area contributed by atoms with Crippen LogP contribution in [0.5, 0.6) is 5.75 Å². The molecule has 2 heterocycles. The molecule has 0 atom stereocenters. The molecule has 1 fully saturated rings. The summed E-state index contributed by atoms with van der Waals surface area (Å²) in [6.07, 6.45) is 1.49. The number of hydrogen-bond acceptors (Lipinski definition) is 4. The number of aromatic hydroxyl groups is 1. The summed E-state index contributed by atoms with van der Waals surface area (Å²) in [6, 6.07) is 1.36. The Hall–Kier alpha value is -1.27. The molecule has 2 N–H and O–H groups in total. The van der Waals surface area contributed by atoms with E-state index in [1.165, 1.54) is 12.3 Å². The first-order valence-corrected chi connectivity index (χ1v) is 5.50. The van der Waals surface area contributed by atoms with Gasteiger partial charge in [0.2, 0.25) is 0 Å². The summed E-state index contributed by atoms with van der Waals surface area (Å²) in [6.45, 7) is 7.77. The van der Waals surface area contributed by atoms with Gasteiger partial charge >= 0.3 is 7.12 Å². The number of nitrogens with one attached hydrogen (secondary N) is 1. The summed E-state index contributed by atoms with van der Waals surface area (Å²) in [7, 11) is -0.581. The van der Waals surface area contributed by atoms with E-state index in [4.69, 9.17) is 9.31 Å². The zero-order valence-electron chi connectivity index (χ0n) is 10.4. The van der Waals surface area contributed by atoms with Gasteiger partial charge in [-0.3, -0.25) is 4.79 Å². The molecule has 1 saturated heterocycles. The molecule has 2 rings (SSSR count). The first-order chi connectivity index (χ1) is 7.73. The smallest absolute Gasteiger partial charge is 0.496 e. The van der Waals surface area contributed by atoms with Gasteiger partial charge in [0.25, 0.3) is 5.56 Å². The molecule has 0 amide bonds. The maximum absolute atomic E-state index is 11.1. The van der Waals surface area contributed by atoms with Gasteiger partial charge in [-0.2, -0.15) is 0 Å². The highest BCUT2D eigenvalue weighted by Crippen LogP contribution is 2.36. The Morgan fingerprint density at radius 3 is 2.24 bits per heavy atom. The average Bonchev–Trinajstić information content (AvgIpc) is 2.41. The van der Waals surface area contributed by atoms with Crippen LogP contribution in [-0.4, -0.2) is 28.4 Å². The van der Waals surface area contributed by atoms with E-state index in [0.717, 1.165) is 0 Å². The molecule has 17 heavy (non-hydrogen) atoms. The molecule has 92 valence electrons. The summed E-state index contributed by atoms with van der Waals surface area (Å²) >= 11 is 0. The van der Waals surface area contributed by atoms with Crippen molar-refractivity contribution in [3.8, 4) is 5.75 Å². The van der Waals surface area contributed by atoms with E-state index in [0.29, 0.717) is 5.46 Å². The molecule has 0 bridgehead atoms. The minimum Gasteiger partial charge on any atom is -0.503 e. The van der Waals surface area contributed by atoms with Crippen molar-refractivity contribution in [2.24, 2.45) is 0 Å². The molecule has 1 aromatic rings. The minimum absolute atomic E-state index is 0.336. The predicted octanol–water partition coefficient (Wildman–Crippen LogP) is 0.380.